The molecule has 3 N–H and O–H groups in total. The van der Waals surface area contributed by atoms with Gasteiger partial charge in [0.2, 0.25) is 5.95 Å². The molecule has 0 bridgehead atoms. The molecular weight excluding hydrogens is 258 g/mol. The fourth-order valence-electron chi connectivity index (χ4n) is 1.77. The van der Waals surface area contributed by atoms with Gasteiger partial charge in [-0.05, 0) is 18.2 Å². The number of nitrogens with one attached hydrogen (secondary N) is 1. The highest BCUT2D eigenvalue weighted by Crippen LogP contribution is 2.43. The van der Waals surface area contributed by atoms with Crippen molar-refractivity contribution < 1.29 is 0 Å². The number of nitrogens with zero attached hydrogens (tertiary/aromatic N) is 3. The van der Waals surface area contributed by atoms with Crippen LogP contribution in [0.15, 0.2) is 46.5 Å². The summed E-state index contributed by atoms with van der Waals surface area (Å²) in [5, 5.41) is 13.3. The van der Waals surface area contributed by atoms with E-state index in [9.17, 15) is 5.26 Å². The van der Waals surface area contributed by atoms with Gasteiger partial charge in [-0.25, -0.2) is 9.97 Å². The number of allylic oxidation sites excluding steroid dienone is 1. The van der Waals surface area contributed by atoms with Crippen molar-refractivity contribution in [2.45, 2.75) is 4.90 Å². The van der Waals surface area contributed by atoms with Crippen LogP contribution in [-0.4, -0.2) is 9.97 Å². The Bertz CT molecular complexity index is 690. The Labute approximate surface area is 114 Å². The van der Waals surface area contributed by atoms with Crippen molar-refractivity contribution in [3.05, 3.63) is 47.3 Å². The van der Waals surface area contributed by atoms with Crippen LogP contribution in [0.1, 0.15) is 5.69 Å². The highest BCUT2D eigenvalue weighted by atomic mass is 32.2. The molecule has 0 atom stereocenters. The monoisotopic (exact) mass is 267 g/mol. The Balaban J connectivity index is 2.06. The van der Waals surface area contributed by atoms with Crippen LogP contribution in [0.4, 0.5) is 11.6 Å². The predicted molar refractivity (Wildman–Crippen MR) is 74.9 cm³/mol. The van der Waals surface area contributed by atoms with E-state index in [-0.39, 0.29) is 5.95 Å². The summed E-state index contributed by atoms with van der Waals surface area (Å²) in [6.45, 7) is 0. The van der Waals surface area contributed by atoms with Crippen molar-refractivity contribution in [2.24, 2.45) is 0 Å². The van der Waals surface area contributed by atoms with Crippen molar-refractivity contribution in [2.75, 3.05) is 11.1 Å². The van der Waals surface area contributed by atoms with Gasteiger partial charge in [0.1, 0.15) is 11.6 Å². The van der Waals surface area contributed by atoms with E-state index >= 15 is 0 Å². The molecule has 6 heteroatoms. The van der Waals surface area contributed by atoms with E-state index in [1.807, 2.05) is 24.3 Å². The third kappa shape index (κ3) is 2.11. The molecule has 0 radical (unpaired) electrons. The van der Waals surface area contributed by atoms with Crippen LogP contribution in [0.5, 0.6) is 0 Å². The van der Waals surface area contributed by atoms with Gasteiger partial charge in [0.05, 0.1) is 16.4 Å². The highest BCUT2D eigenvalue weighted by molar-refractivity contribution is 8.04. The van der Waals surface area contributed by atoms with Gasteiger partial charge in [0.15, 0.2) is 0 Å². The Kier molecular flexibility index (Phi) is 2.82. The molecule has 1 aliphatic heterocycles. The number of hydrogen-bond donors (Lipinski definition) is 2. The quantitative estimate of drug-likeness (QED) is 0.772. The van der Waals surface area contributed by atoms with Gasteiger partial charge >= 0.3 is 0 Å². The average molecular weight is 267 g/mol. The molecule has 2 heterocycles. The normalized spacial score (nSPS) is 15.3. The number of aromatic nitrogens is 2. The van der Waals surface area contributed by atoms with Gasteiger partial charge in [-0.3, -0.25) is 0 Å². The fraction of sp³-hybridized carbons (Fsp3) is 0. The number of anilines is 2. The van der Waals surface area contributed by atoms with E-state index in [1.54, 1.807) is 12.3 Å². The Morgan fingerprint density at radius 3 is 2.89 bits per heavy atom. The van der Waals surface area contributed by atoms with E-state index in [0.717, 1.165) is 15.6 Å². The maximum absolute atomic E-state index is 9.35. The Morgan fingerprint density at radius 1 is 1.32 bits per heavy atom. The lowest BCUT2D eigenvalue weighted by atomic mass is 10.2. The van der Waals surface area contributed by atoms with E-state index < -0.39 is 0 Å². The minimum atomic E-state index is 0.159. The number of nitriles is 1. The number of nitrogens with two attached hydrogens (primary N) is 1. The van der Waals surface area contributed by atoms with E-state index in [4.69, 9.17) is 5.73 Å². The molecule has 5 nitrogen and oxygen atoms in total. The minimum Gasteiger partial charge on any atom is -0.368 e. The second-order valence-electron chi connectivity index (χ2n) is 3.84. The maximum atomic E-state index is 9.35. The molecule has 0 unspecified atom stereocenters. The van der Waals surface area contributed by atoms with Crippen molar-refractivity contribution in [1.82, 2.24) is 9.97 Å². The van der Waals surface area contributed by atoms with Gasteiger partial charge < -0.3 is 11.1 Å². The third-order valence-corrected chi connectivity index (χ3v) is 3.70. The molecule has 0 saturated carbocycles. The second kappa shape index (κ2) is 4.63. The van der Waals surface area contributed by atoms with Crippen LogP contribution in [0.2, 0.25) is 0 Å². The van der Waals surface area contributed by atoms with Crippen molar-refractivity contribution >= 4 is 29.0 Å². The molecule has 0 fully saturated rings. The van der Waals surface area contributed by atoms with Crippen LogP contribution in [-0.2, 0) is 0 Å². The van der Waals surface area contributed by atoms with Crippen molar-refractivity contribution in [1.29, 1.82) is 5.26 Å². The first kappa shape index (κ1) is 11.6. The average Bonchev–Trinajstić information content (AvgIpc) is 2.83. The number of para-hydroxylation sites is 1. The summed E-state index contributed by atoms with van der Waals surface area (Å²) in [4.78, 5) is 9.00. The van der Waals surface area contributed by atoms with Crippen molar-refractivity contribution in [3.63, 3.8) is 0 Å². The molecule has 1 aromatic carbocycles. The van der Waals surface area contributed by atoms with Gasteiger partial charge in [-0.15, -0.1) is 0 Å². The largest absolute Gasteiger partial charge is 0.368 e. The maximum Gasteiger partial charge on any atom is 0.220 e. The molecule has 2 aromatic rings. The molecule has 3 rings (SSSR count). The second-order valence-corrected chi connectivity index (χ2v) is 4.89. The topological polar surface area (TPSA) is 87.6 Å². The number of hydrogen-bond acceptors (Lipinski definition) is 6. The summed E-state index contributed by atoms with van der Waals surface area (Å²) < 4.78 is 0. The molecule has 1 aromatic heterocycles. The minimum absolute atomic E-state index is 0.159. The lowest BCUT2D eigenvalue weighted by molar-refractivity contribution is 1.16. The SMILES string of the molecule is N#C/C(=C1/Nc2ccccc2S1)c1ccnc(N)n1. The summed E-state index contributed by atoms with van der Waals surface area (Å²) in [5.41, 5.74) is 7.54. The predicted octanol–water partition coefficient (Wildman–Crippen LogP) is 2.47. The molecule has 19 heavy (non-hydrogen) atoms. The van der Waals surface area contributed by atoms with Gasteiger partial charge in [0, 0.05) is 11.1 Å². The third-order valence-electron chi connectivity index (χ3n) is 2.62. The molecule has 0 spiro atoms. The van der Waals surface area contributed by atoms with Crippen LogP contribution in [0.25, 0.3) is 5.57 Å². The Hall–Kier alpha value is -2.52. The summed E-state index contributed by atoms with van der Waals surface area (Å²) in [6, 6.07) is 11.7. The van der Waals surface area contributed by atoms with E-state index in [0.29, 0.717) is 11.3 Å². The first-order valence-electron chi connectivity index (χ1n) is 5.55. The van der Waals surface area contributed by atoms with E-state index in [1.165, 1.54) is 11.8 Å². The van der Waals surface area contributed by atoms with Crippen LogP contribution < -0.4 is 11.1 Å². The molecule has 0 aliphatic carbocycles. The molecule has 0 saturated heterocycles. The summed E-state index contributed by atoms with van der Waals surface area (Å²) in [6.07, 6.45) is 1.54. The van der Waals surface area contributed by atoms with Gasteiger partial charge in [0.25, 0.3) is 0 Å². The van der Waals surface area contributed by atoms with Gasteiger partial charge in [-0.1, -0.05) is 23.9 Å². The first-order valence-corrected chi connectivity index (χ1v) is 6.37. The first-order chi connectivity index (χ1) is 9.28. The summed E-state index contributed by atoms with van der Waals surface area (Å²) >= 11 is 1.51. The van der Waals surface area contributed by atoms with Crippen LogP contribution in [0.3, 0.4) is 0 Å². The number of benzene rings is 1. The zero-order chi connectivity index (χ0) is 13.2. The summed E-state index contributed by atoms with van der Waals surface area (Å²) in [7, 11) is 0. The smallest absolute Gasteiger partial charge is 0.220 e. The van der Waals surface area contributed by atoms with Crippen LogP contribution in [0, 0.1) is 11.3 Å². The van der Waals surface area contributed by atoms with E-state index in [2.05, 4.69) is 21.4 Å². The standard InChI is InChI=1S/C13H9N5S/c14-7-8(9-5-6-16-13(15)18-9)12-17-10-3-1-2-4-11(10)19-12/h1-6,17H,(H2,15,16,18)/b12-8+. The molecule has 1 aliphatic rings. The number of nitrogen functional groups attached to an aromatic ring is 1. The lowest BCUT2D eigenvalue weighted by Crippen LogP contribution is -2.00. The Morgan fingerprint density at radius 2 is 2.16 bits per heavy atom. The molecular formula is C13H9N5S. The zero-order valence-electron chi connectivity index (χ0n) is 9.79. The zero-order valence-corrected chi connectivity index (χ0v) is 10.6. The fourth-order valence-corrected chi connectivity index (χ4v) is 2.78. The molecule has 0 amide bonds. The lowest BCUT2D eigenvalue weighted by Gasteiger charge is -2.03. The molecule has 92 valence electrons. The highest BCUT2D eigenvalue weighted by Gasteiger charge is 2.20. The summed E-state index contributed by atoms with van der Waals surface area (Å²) in [5.74, 6) is 0.159. The number of rotatable bonds is 1. The van der Waals surface area contributed by atoms with Crippen molar-refractivity contribution in [3.8, 4) is 6.07 Å². The van der Waals surface area contributed by atoms with Gasteiger partial charge in [-0.2, -0.15) is 5.26 Å². The number of fused-ring (bicyclic) bond motifs is 1. The number of thioether (sulfide) groups is 1. The van der Waals surface area contributed by atoms with Crippen LogP contribution >= 0.6 is 11.8 Å².